The Morgan fingerprint density at radius 2 is 1.81 bits per heavy atom. The van der Waals surface area contributed by atoms with Crippen LogP contribution in [0, 0.1) is 28.6 Å². The molecule has 0 aliphatic heterocycles. The molecular formula is C19H30O2. The van der Waals surface area contributed by atoms with Gasteiger partial charge in [-0.05, 0) is 80.0 Å². The lowest BCUT2D eigenvalue weighted by Gasteiger charge is -2.57. The van der Waals surface area contributed by atoms with Gasteiger partial charge in [-0.25, -0.2) is 0 Å². The van der Waals surface area contributed by atoms with Gasteiger partial charge in [-0.1, -0.05) is 25.5 Å². The normalized spacial score (nSPS) is 56.2. The largest absolute Gasteiger partial charge is 0.393 e. The lowest BCUT2D eigenvalue weighted by Crippen LogP contribution is -2.51. The highest BCUT2D eigenvalue weighted by Gasteiger charge is 2.58. The minimum absolute atomic E-state index is 0.0742. The van der Waals surface area contributed by atoms with E-state index in [0.29, 0.717) is 11.3 Å². The maximum absolute atomic E-state index is 10.5. The van der Waals surface area contributed by atoms with E-state index in [4.69, 9.17) is 0 Å². The summed E-state index contributed by atoms with van der Waals surface area (Å²) in [5, 5.41) is 20.5. The van der Waals surface area contributed by atoms with Crippen molar-refractivity contribution >= 4 is 0 Å². The molecule has 2 N–H and O–H groups in total. The second kappa shape index (κ2) is 4.58. The summed E-state index contributed by atoms with van der Waals surface area (Å²) in [4.78, 5) is 0. The zero-order chi connectivity index (χ0) is 14.8. The molecule has 0 aromatic heterocycles. The van der Waals surface area contributed by atoms with E-state index in [1.807, 2.05) is 0 Å². The number of fused-ring (bicyclic) bond motifs is 5. The SMILES string of the molecule is C[C@@]12CC[C@H]3[C@@H](CC=C4C[C@@H](O)CC[C@@]43C)[C@H]1CC[C@H]2O. The molecule has 0 saturated heterocycles. The second-order valence-electron chi connectivity index (χ2n) is 8.79. The van der Waals surface area contributed by atoms with Crippen LogP contribution in [0.4, 0.5) is 0 Å². The van der Waals surface area contributed by atoms with E-state index in [0.717, 1.165) is 37.5 Å². The third-order valence-electron chi connectivity index (χ3n) is 8.03. The van der Waals surface area contributed by atoms with Crippen molar-refractivity contribution in [3.63, 3.8) is 0 Å². The molecule has 0 heterocycles. The van der Waals surface area contributed by atoms with Crippen molar-refractivity contribution in [2.24, 2.45) is 28.6 Å². The van der Waals surface area contributed by atoms with Gasteiger partial charge in [0.05, 0.1) is 12.2 Å². The monoisotopic (exact) mass is 290 g/mol. The average molecular weight is 290 g/mol. The first-order valence-corrected chi connectivity index (χ1v) is 9.01. The van der Waals surface area contributed by atoms with Crippen LogP contribution in [0.3, 0.4) is 0 Å². The molecule has 2 nitrogen and oxygen atoms in total. The van der Waals surface area contributed by atoms with Gasteiger partial charge in [0.2, 0.25) is 0 Å². The van der Waals surface area contributed by atoms with Crippen LogP contribution < -0.4 is 0 Å². The minimum Gasteiger partial charge on any atom is -0.393 e. The van der Waals surface area contributed by atoms with Gasteiger partial charge in [0.1, 0.15) is 0 Å². The van der Waals surface area contributed by atoms with Crippen LogP contribution in [0.1, 0.15) is 65.2 Å². The summed E-state index contributed by atoms with van der Waals surface area (Å²) in [7, 11) is 0. The number of aliphatic hydroxyl groups is 2. The average Bonchev–Trinajstić information content (AvgIpc) is 2.76. The number of aliphatic hydroxyl groups excluding tert-OH is 2. The molecule has 0 amide bonds. The van der Waals surface area contributed by atoms with E-state index < -0.39 is 0 Å². The molecule has 2 heteroatoms. The Kier molecular flexibility index (Phi) is 3.11. The first kappa shape index (κ1) is 14.3. The molecule has 0 spiro atoms. The fourth-order valence-corrected chi connectivity index (χ4v) is 6.61. The molecule has 7 atom stereocenters. The Morgan fingerprint density at radius 3 is 2.62 bits per heavy atom. The Bertz CT molecular complexity index is 470. The van der Waals surface area contributed by atoms with Gasteiger partial charge in [-0.2, -0.15) is 0 Å². The molecule has 4 rings (SSSR count). The molecule has 4 aliphatic rings. The van der Waals surface area contributed by atoms with Crippen molar-refractivity contribution in [2.75, 3.05) is 0 Å². The summed E-state index contributed by atoms with van der Waals surface area (Å²) in [6.07, 6.45) is 11.2. The lowest BCUT2D eigenvalue weighted by atomic mass is 9.48. The van der Waals surface area contributed by atoms with E-state index in [1.54, 1.807) is 5.57 Å². The molecule has 0 bridgehead atoms. The van der Waals surface area contributed by atoms with Crippen LogP contribution in [-0.4, -0.2) is 22.4 Å². The van der Waals surface area contributed by atoms with E-state index in [-0.39, 0.29) is 17.6 Å². The topological polar surface area (TPSA) is 40.5 Å². The van der Waals surface area contributed by atoms with Crippen molar-refractivity contribution in [3.8, 4) is 0 Å². The number of rotatable bonds is 0. The van der Waals surface area contributed by atoms with E-state index >= 15 is 0 Å². The highest BCUT2D eigenvalue weighted by atomic mass is 16.3. The fraction of sp³-hybridized carbons (Fsp3) is 0.895. The molecule has 118 valence electrons. The van der Waals surface area contributed by atoms with Gasteiger partial charge >= 0.3 is 0 Å². The molecule has 21 heavy (non-hydrogen) atoms. The van der Waals surface area contributed by atoms with Crippen molar-refractivity contribution in [3.05, 3.63) is 11.6 Å². The van der Waals surface area contributed by atoms with Crippen LogP contribution >= 0.6 is 0 Å². The highest BCUT2D eigenvalue weighted by molar-refractivity contribution is 5.25. The molecule has 0 aromatic carbocycles. The summed E-state index contributed by atoms with van der Waals surface area (Å²) in [5.41, 5.74) is 2.05. The smallest absolute Gasteiger partial charge is 0.0596 e. The Hall–Kier alpha value is -0.340. The third-order valence-corrected chi connectivity index (χ3v) is 8.03. The number of hydrogen-bond donors (Lipinski definition) is 2. The number of hydrogen-bond acceptors (Lipinski definition) is 2. The quantitative estimate of drug-likeness (QED) is 0.668. The predicted molar refractivity (Wildman–Crippen MR) is 83.7 cm³/mol. The predicted octanol–water partition coefficient (Wildman–Crippen LogP) is 3.67. The summed E-state index contributed by atoms with van der Waals surface area (Å²) in [6.45, 7) is 4.81. The Labute approximate surface area is 128 Å². The van der Waals surface area contributed by atoms with Crippen LogP contribution in [0.15, 0.2) is 11.6 Å². The van der Waals surface area contributed by atoms with Gasteiger partial charge in [-0.3, -0.25) is 0 Å². The third kappa shape index (κ3) is 1.84. The Morgan fingerprint density at radius 1 is 1.00 bits per heavy atom. The zero-order valence-electron chi connectivity index (χ0n) is 13.5. The maximum Gasteiger partial charge on any atom is 0.0596 e. The van der Waals surface area contributed by atoms with Gasteiger partial charge in [0.25, 0.3) is 0 Å². The van der Waals surface area contributed by atoms with Gasteiger partial charge in [0.15, 0.2) is 0 Å². The van der Waals surface area contributed by atoms with E-state index in [9.17, 15) is 10.2 Å². The standard InChI is InChI=1S/C19H30O2/c1-18-9-7-13(20)11-12(18)3-4-14-15-5-6-17(21)19(15,2)10-8-16(14)18/h3,13-17,20-21H,4-11H2,1-2H3/t13-,14-,15+,16-,17+,18-,19+/m0/s1. The molecule has 0 unspecified atom stereocenters. The Balaban J connectivity index is 1.68. The van der Waals surface area contributed by atoms with Crippen molar-refractivity contribution in [1.29, 1.82) is 0 Å². The molecule has 0 radical (unpaired) electrons. The van der Waals surface area contributed by atoms with Crippen LogP contribution in [0.25, 0.3) is 0 Å². The summed E-state index contributed by atoms with van der Waals surface area (Å²) >= 11 is 0. The van der Waals surface area contributed by atoms with Crippen molar-refractivity contribution in [2.45, 2.75) is 77.4 Å². The molecule has 3 fully saturated rings. The zero-order valence-corrected chi connectivity index (χ0v) is 13.5. The number of allylic oxidation sites excluding steroid dienone is 1. The minimum atomic E-state index is -0.108. The van der Waals surface area contributed by atoms with Crippen molar-refractivity contribution in [1.82, 2.24) is 0 Å². The van der Waals surface area contributed by atoms with E-state index in [2.05, 4.69) is 19.9 Å². The van der Waals surface area contributed by atoms with Gasteiger partial charge < -0.3 is 10.2 Å². The highest BCUT2D eigenvalue weighted by Crippen LogP contribution is 2.64. The summed E-state index contributed by atoms with van der Waals surface area (Å²) in [6, 6.07) is 0. The van der Waals surface area contributed by atoms with E-state index in [1.165, 1.54) is 25.7 Å². The lowest BCUT2D eigenvalue weighted by molar-refractivity contribution is -0.0711. The molecule has 0 aromatic rings. The van der Waals surface area contributed by atoms with Crippen LogP contribution in [-0.2, 0) is 0 Å². The summed E-state index contributed by atoms with van der Waals surface area (Å²) in [5.74, 6) is 2.27. The summed E-state index contributed by atoms with van der Waals surface area (Å²) < 4.78 is 0. The molecule has 4 aliphatic carbocycles. The first-order valence-electron chi connectivity index (χ1n) is 9.01. The van der Waals surface area contributed by atoms with Gasteiger partial charge in [-0.15, -0.1) is 0 Å². The van der Waals surface area contributed by atoms with Gasteiger partial charge in [0, 0.05) is 0 Å². The molecular weight excluding hydrogens is 260 g/mol. The van der Waals surface area contributed by atoms with Crippen LogP contribution in [0.5, 0.6) is 0 Å². The van der Waals surface area contributed by atoms with Crippen molar-refractivity contribution < 1.29 is 10.2 Å². The fourth-order valence-electron chi connectivity index (χ4n) is 6.61. The first-order chi connectivity index (χ1) is 9.95. The molecule has 3 saturated carbocycles. The second-order valence-corrected chi connectivity index (χ2v) is 8.79. The van der Waals surface area contributed by atoms with Crippen LogP contribution in [0.2, 0.25) is 0 Å². The maximum atomic E-state index is 10.5.